The minimum Gasteiger partial charge on any atom is -0.310 e. The lowest BCUT2D eigenvalue weighted by molar-refractivity contribution is 0.399. The zero-order valence-corrected chi connectivity index (χ0v) is 10.6. The van der Waals surface area contributed by atoms with Crippen LogP contribution in [-0.4, -0.2) is 6.54 Å². The second-order valence-electron chi connectivity index (χ2n) is 5.05. The Morgan fingerprint density at radius 1 is 1.35 bits per heavy atom. The third-order valence-corrected chi connectivity index (χ3v) is 3.75. The highest BCUT2D eigenvalue weighted by molar-refractivity contribution is 5.20. The SMILES string of the molecule is CCNC(CC1CCCC1)c1cccc(F)c1. The molecule has 1 aliphatic rings. The first-order valence-corrected chi connectivity index (χ1v) is 6.78. The number of nitrogens with one attached hydrogen (secondary N) is 1. The van der Waals surface area contributed by atoms with Gasteiger partial charge in [-0.05, 0) is 36.6 Å². The first-order chi connectivity index (χ1) is 8.29. The molecule has 2 heteroatoms. The summed E-state index contributed by atoms with van der Waals surface area (Å²) in [7, 11) is 0. The number of hydrogen-bond acceptors (Lipinski definition) is 1. The molecule has 0 radical (unpaired) electrons. The molecule has 17 heavy (non-hydrogen) atoms. The van der Waals surface area contributed by atoms with Gasteiger partial charge in [0.25, 0.3) is 0 Å². The van der Waals surface area contributed by atoms with E-state index in [1.807, 2.05) is 12.1 Å². The monoisotopic (exact) mass is 235 g/mol. The highest BCUT2D eigenvalue weighted by atomic mass is 19.1. The number of rotatable bonds is 5. The van der Waals surface area contributed by atoms with Crippen LogP contribution in [-0.2, 0) is 0 Å². The summed E-state index contributed by atoms with van der Waals surface area (Å²) in [6.07, 6.45) is 6.57. The van der Waals surface area contributed by atoms with Gasteiger partial charge in [0.05, 0.1) is 0 Å². The molecule has 0 aliphatic heterocycles. The lowest BCUT2D eigenvalue weighted by Crippen LogP contribution is -2.23. The highest BCUT2D eigenvalue weighted by Gasteiger charge is 2.20. The van der Waals surface area contributed by atoms with Gasteiger partial charge < -0.3 is 5.32 Å². The Morgan fingerprint density at radius 2 is 2.12 bits per heavy atom. The van der Waals surface area contributed by atoms with Crippen LogP contribution in [0, 0.1) is 11.7 Å². The minimum absolute atomic E-state index is 0.128. The van der Waals surface area contributed by atoms with Crippen LogP contribution in [0.1, 0.15) is 50.6 Å². The molecule has 0 amide bonds. The average molecular weight is 235 g/mol. The molecule has 0 bridgehead atoms. The van der Waals surface area contributed by atoms with Crippen LogP contribution in [0.4, 0.5) is 4.39 Å². The highest BCUT2D eigenvalue weighted by Crippen LogP contribution is 2.33. The fourth-order valence-corrected chi connectivity index (χ4v) is 2.89. The molecule has 0 spiro atoms. The second kappa shape index (κ2) is 6.15. The van der Waals surface area contributed by atoms with E-state index < -0.39 is 0 Å². The summed E-state index contributed by atoms with van der Waals surface area (Å²) in [4.78, 5) is 0. The summed E-state index contributed by atoms with van der Waals surface area (Å²) in [6.45, 7) is 3.05. The molecule has 0 heterocycles. The fourth-order valence-electron chi connectivity index (χ4n) is 2.89. The third kappa shape index (κ3) is 3.53. The van der Waals surface area contributed by atoms with Crippen molar-refractivity contribution in [2.45, 2.75) is 45.1 Å². The van der Waals surface area contributed by atoms with Gasteiger partial charge >= 0.3 is 0 Å². The molecule has 2 rings (SSSR count). The van der Waals surface area contributed by atoms with Gasteiger partial charge in [0.2, 0.25) is 0 Å². The van der Waals surface area contributed by atoms with E-state index in [4.69, 9.17) is 0 Å². The predicted molar refractivity (Wildman–Crippen MR) is 69.4 cm³/mol. The standard InChI is InChI=1S/C15H22FN/c1-2-17-15(10-12-6-3-4-7-12)13-8-5-9-14(16)11-13/h5,8-9,11-12,15,17H,2-4,6-7,10H2,1H3. The Bertz CT molecular complexity index is 345. The van der Waals surface area contributed by atoms with Crippen LogP contribution in [0.15, 0.2) is 24.3 Å². The Hall–Kier alpha value is -0.890. The summed E-state index contributed by atoms with van der Waals surface area (Å²) < 4.78 is 13.3. The van der Waals surface area contributed by atoms with Crippen molar-refractivity contribution in [3.05, 3.63) is 35.6 Å². The molecule has 1 fully saturated rings. The van der Waals surface area contributed by atoms with Crippen LogP contribution < -0.4 is 5.32 Å². The maximum Gasteiger partial charge on any atom is 0.123 e. The maximum absolute atomic E-state index is 13.3. The molecule has 1 aromatic carbocycles. The third-order valence-electron chi connectivity index (χ3n) is 3.75. The molecule has 0 saturated heterocycles. The number of benzene rings is 1. The zero-order valence-electron chi connectivity index (χ0n) is 10.6. The molecule has 1 saturated carbocycles. The maximum atomic E-state index is 13.3. The smallest absolute Gasteiger partial charge is 0.123 e. The van der Waals surface area contributed by atoms with Crippen LogP contribution in [0.25, 0.3) is 0 Å². The Kier molecular flexibility index (Phi) is 4.55. The predicted octanol–water partition coefficient (Wildman–Crippen LogP) is 4.06. The van der Waals surface area contributed by atoms with Crippen molar-refractivity contribution in [1.29, 1.82) is 0 Å². The van der Waals surface area contributed by atoms with Crippen molar-refractivity contribution in [2.75, 3.05) is 6.54 Å². The second-order valence-corrected chi connectivity index (χ2v) is 5.05. The molecule has 1 aromatic rings. The largest absolute Gasteiger partial charge is 0.310 e. The topological polar surface area (TPSA) is 12.0 Å². The van der Waals surface area contributed by atoms with Gasteiger partial charge in [0.15, 0.2) is 0 Å². The van der Waals surface area contributed by atoms with Crippen molar-refractivity contribution in [3.63, 3.8) is 0 Å². The van der Waals surface area contributed by atoms with E-state index in [-0.39, 0.29) is 5.82 Å². The van der Waals surface area contributed by atoms with Gasteiger partial charge in [-0.3, -0.25) is 0 Å². The van der Waals surface area contributed by atoms with Gasteiger partial charge in [-0.15, -0.1) is 0 Å². The first-order valence-electron chi connectivity index (χ1n) is 6.78. The molecular formula is C15H22FN. The minimum atomic E-state index is -0.128. The molecule has 1 nitrogen and oxygen atoms in total. The van der Waals surface area contributed by atoms with E-state index in [1.165, 1.54) is 31.7 Å². The summed E-state index contributed by atoms with van der Waals surface area (Å²) in [5, 5.41) is 3.49. The summed E-state index contributed by atoms with van der Waals surface area (Å²) in [6, 6.07) is 7.35. The van der Waals surface area contributed by atoms with Crippen LogP contribution in [0.3, 0.4) is 0 Å². The Balaban J connectivity index is 2.04. The van der Waals surface area contributed by atoms with Crippen LogP contribution >= 0.6 is 0 Å². The quantitative estimate of drug-likeness (QED) is 0.811. The van der Waals surface area contributed by atoms with E-state index in [0.717, 1.165) is 24.4 Å². The Labute approximate surface area is 103 Å². The number of hydrogen-bond donors (Lipinski definition) is 1. The van der Waals surface area contributed by atoms with Gasteiger partial charge in [0.1, 0.15) is 5.82 Å². The molecule has 1 atom stereocenters. The van der Waals surface area contributed by atoms with E-state index in [9.17, 15) is 4.39 Å². The van der Waals surface area contributed by atoms with Crippen molar-refractivity contribution >= 4 is 0 Å². The van der Waals surface area contributed by atoms with E-state index >= 15 is 0 Å². The number of halogens is 1. The van der Waals surface area contributed by atoms with Crippen molar-refractivity contribution in [3.8, 4) is 0 Å². The summed E-state index contributed by atoms with van der Waals surface area (Å²) in [5.41, 5.74) is 1.10. The van der Waals surface area contributed by atoms with E-state index in [2.05, 4.69) is 12.2 Å². The molecule has 0 aromatic heterocycles. The van der Waals surface area contributed by atoms with Crippen molar-refractivity contribution in [2.24, 2.45) is 5.92 Å². The van der Waals surface area contributed by atoms with Crippen molar-refractivity contribution in [1.82, 2.24) is 5.32 Å². The van der Waals surface area contributed by atoms with Crippen LogP contribution in [0.2, 0.25) is 0 Å². The van der Waals surface area contributed by atoms with Gasteiger partial charge in [-0.2, -0.15) is 0 Å². The van der Waals surface area contributed by atoms with E-state index in [0.29, 0.717) is 6.04 Å². The van der Waals surface area contributed by atoms with Gasteiger partial charge in [0, 0.05) is 6.04 Å². The van der Waals surface area contributed by atoms with Gasteiger partial charge in [-0.1, -0.05) is 44.7 Å². The summed E-state index contributed by atoms with van der Waals surface area (Å²) >= 11 is 0. The molecular weight excluding hydrogens is 213 g/mol. The summed E-state index contributed by atoms with van der Waals surface area (Å²) in [5.74, 6) is 0.694. The normalized spacial score (nSPS) is 18.5. The molecule has 94 valence electrons. The fraction of sp³-hybridized carbons (Fsp3) is 0.600. The first kappa shape index (κ1) is 12.6. The van der Waals surface area contributed by atoms with Crippen molar-refractivity contribution < 1.29 is 4.39 Å². The zero-order chi connectivity index (χ0) is 12.1. The van der Waals surface area contributed by atoms with E-state index in [1.54, 1.807) is 6.07 Å². The lowest BCUT2D eigenvalue weighted by Gasteiger charge is -2.22. The molecule has 1 N–H and O–H groups in total. The van der Waals surface area contributed by atoms with Gasteiger partial charge in [-0.25, -0.2) is 4.39 Å². The molecule has 1 unspecified atom stereocenters. The van der Waals surface area contributed by atoms with Crippen LogP contribution in [0.5, 0.6) is 0 Å². The average Bonchev–Trinajstić information content (AvgIpc) is 2.81. The lowest BCUT2D eigenvalue weighted by atomic mass is 9.93. The molecule has 1 aliphatic carbocycles. The Morgan fingerprint density at radius 3 is 2.76 bits per heavy atom.